The van der Waals surface area contributed by atoms with Crippen molar-refractivity contribution in [1.29, 1.82) is 0 Å². The Balaban J connectivity index is 2.61. The fourth-order valence-electron chi connectivity index (χ4n) is 1.56. The molecule has 0 spiro atoms. The molecule has 1 heterocycles. The van der Waals surface area contributed by atoms with E-state index >= 15 is 0 Å². The van der Waals surface area contributed by atoms with Gasteiger partial charge in [0.05, 0.1) is 6.61 Å². The fraction of sp³-hybridized carbons (Fsp3) is 0.0833. The predicted molar refractivity (Wildman–Crippen MR) is 70.0 cm³/mol. The van der Waals surface area contributed by atoms with Crippen LogP contribution in [0.25, 0.3) is 11.1 Å². The fourth-order valence-corrected chi connectivity index (χ4v) is 2.17. The summed E-state index contributed by atoms with van der Waals surface area (Å²) in [5, 5.41) is 10.2. The standard InChI is InChI=1S/C12H10Cl2N2O/c13-9-2-1-3-10(14)11(9)7-4-8(6-17)12(15)16-5-7/h1-5,17H,6H2,(H2,15,16). The number of aromatic nitrogens is 1. The van der Waals surface area contributed by atoms with Crippen LogP contribution in [0.15, 0.2) is 30.5 Å². The monoisotopic (exact) mass is 268 g/mol. The Kier molecular flexibility index (Phi) is 3.52. The second-order valence-electron chi connectivity index (χ2n) is 3.52. The van der Waals surface area contributed by atoms with Crippen LogP contribution in [0.3, 0.4) is 0 Å². The third-order valence-electron chi connectivity index (χ3n) is 2.42. The maximum absolute atomic E-state index is 9.14. The number of benzene rings is 1. The quantitative estimate of drug-likeness (QED) is 0.880. The summed E-state index contributed by atoms with van der Waals surface area (Å²) in [6.45, 7) is -0.172. The minimum absolute atomic E-state index is 0.172. The highest BCUT2D eigenvalue weighted by molar-refractivity contribution is 6.39. The second-order valence-corrected chi connectivity index (χ2v) is 4.34. The molecule has 5 heteroatoms. The van der Waals surface area contributed by atoms with Gasteiger partial charge in [-0.2, -0.15) is 0 Å². The predicted octanol–water partition coefficient (Wildman–Crippen LogP) is 3.13. The first-order valence-corrected chi connectivity index (χ1v) is 5.68. The van der Waals surface area contributed by atoms with Crippen LogP contribution in [0.1, 0.15) is 5.56 Å². The summed E-state index contributed by atoms with van der Waals surface area (Å²) in [6, 6.07) is 7.00. The molecule has 2 aromatic rings. The third kappa shape index (κ3) is 2.36. The van der Waals surface area contributed by atoms with Crippen molar-refractivity contribution in [2.75, 3.05) is 5.73 Å². The van der Waals surface area contributed by atoms with E-state index in [1.165, 1.54) is 0 Å². The van der Waals surface area contributed by atoms with E-state index in [1.54, 1.807) is 30.5 Å². The topological polar surface area (TPSA) is 59.1 Å². The highest BCUT2D eigenvalue weighted by Crippen LogP contribution is 2.34. The molecular formula is C12H10Cl2N2O. The van der Waals surface area contributed by atoms with Gasteiger partial charge in [-0.15, -0.1) is 0 Å². The lowest BCUT2D eigenvalue weighted by atomic mass is 10.1. The Bertz CT molecular complexity index is 538. The Labute approximate surface area is 109 Å². The summed E-state index contributed by atoms with van der Waals surface area (Å²) in [5.74, 6) is 0.305. The molecule has 0 unspecified atom stereocenters. The van der Waals surface area contributed by atoms with Crippen LogP contribution in [0, 0.1) is 0 Å². The van der Waals surface area contributed by atoms with E-state index in [0.29, 0.717) is 27.0 Å². The normalized spacial score (nSPS) is 10.5. The molecule has 3 N–H and O–H groups in total. The number of hydrogen-bond donors (Lipinski definition) is 2. The SMILES string of the molecule is Nc1ncc(-c2c(Cl)cccc2Cl)cc1CO. The number of nitrogen functional groups attached to an aromatic ring is 1. The number of pyridine rings is 1. The molecule has 3 nitrogen and oxygen atoms in total. The van der Waals surface area contributed by atoms with Crippen molar-refractivity contribution >= 4 is 29.0 Å². The summed E-state index contributed by atoms with van der Waals surface area (Å²) in [4.78, 5) is 4.01. The summed E-state index contributed by atoms with van der Waals surface area (Å²) < 4.78 is 0. The molecule has 88 valence electrons. The lowest BCUT2D eigenvalue weighted by molar-refractivity contribution is 0.282. The second kappa shape index (κ2) is 4.92. The van der Waals surface area contributed by atoms with Crippen LogP contribution in [-0.2, 0) is 6.61 Å². The summed E-state index contributed by atoms with van der Waals surface area (Å²) in [6.07, 6.45) is 1.58. The molecule has 0 radical (unpaired) electrons. The van der Waals surface area contributed by atoms with Gasteiger partial charge in [0.15, 0.2) is 0 Å². The molecule has 0 atom stereocenters. The van der Waals surface area contributed by atoms with Crippen molar-refractivity contribution in [1.82, 2.24) is 4.98 Å². The Morgan fingerprint density at radius 1 is 1.24 bits per heavy atom. The number of hydrogen-bond acceptors (Lipinski definition) is 3. The van der Waals surface area contributed by atoms with E-state index in [1.807, 2.05) is 0 Å². The van der Waals surface area contributed by atoms with Crippen LogP contribution in [0.2, 0.25) is 10.0 Å². The molecule has 0 aliphatic heterocycles. The van der Waals surface area contributed by atoms with E-state index in [4.69, 9.17) is 34.0 Å². The number of anilines is 1. The van der Waals surface area contributed by atoms with E-state index < -0.39 is 0 Å². The van der Waals surface area contributed by atoms with E-state index in [0.717, 1.165) is 5.56 Å². The lowest BCUT2D eigenvalue weighted by Gasteiger charge is -2.09. The van der Waals surface area contributed by atoms with Gasteiger partial charge in [0, 0.05) is 32.9 Å². The molecule has 0 bridgehead atoms. The van der Waals surface area contributed by atoms with E-state index in [9.17, 15) is 0 Å². The molecule has 0 saturated carbocycles. The van der Waals surface area contributed by atoms with Gasteiger partial charge in [-0.1, -0.05) is 29.3 Å². The van der Waals surface area contributed by atoms with Crippen molar-refractivity contribution < 1.29 is 5.11 Å². The molecule has 1 aromatic carbocycles. The zero-order valence-corrected chi connectivity index (χ0v) is 10.3. The number of aliphatic hydroxyl groups is 1. The summed E-state index contributed by atoms with van der Waals surface area (Å²) in [7, 11) is 0. The highest BCUT2D eigenvalue weighted by Gasteiger charge is 2.10. The van der Waals surface area contributed by atoms with Crippen LogP contribution in [0.4, 0.5) is 5.82 Å². The Hall–Kier alpha value is -1.29. The molecule has 2 rings (SSSR count). The van der Waals surface area contributed by atoms with Crippen molar-refractivity contribution in [2.45, 2.75) is 6.61 Å². The number of halogens is 2. The summed E-state index contributed by atoms with van der Waals surface area (Å²) in [5.41, 5.74) is 7.60. The van der Waals surface area contributed by atoms with Crippen molar-refractivity contribution in [2.24, 2.45) is 0 Å². The van der Waals surface area contributed by atoms with Crippen LogP contribution in [-0.4, -0.2) is 10.1 Å². The number of aliphatic hydroxyl groups excluding tert-OH is 1. The van der Waals surface area contributed by atoms with Gasteiger partial charge in [-0.25, -0.2) is 4.98 Å². The average Bonchev–Trinajstić information content (AvgIpc) is 2.31. The Morgan fingerprint density at radius 3 is 2.47 bits per heavy atom. The van der Waals surface area contributed by atoms with Gasteiger partial charge >= 0.3 is 0 Å². The smallest absolute Gasteiger partial charge is 0.128 e. The summed E-state index contributed by atoms with van der Waals surface area (Å²) >= 11 is 12.2. The lowest BCUT2D eigenvalue weighted by Crippen LogP contribution is -1.98. The van der Waals surface area contributed by atoms with Gasteiger partial charge in [0.2, 0.25) is 0 Å². The molecule has 0 saturated heterocycles. The number of nitrogens with two attached hydrogens (primary N) is 1. The van der Waals surface area contributed by atoms with Gasteiger partial charge in [-0.05, 0) is 18.2 Å². The van der Waals surface area contributed by atoms with Crippen LogP contribution >= 0.6 is 23.2 Å². The van der Waals surface area contributed by atoms with Crippen molar-refractivity contribution in [3.05, 3.63) is 46.1 Å². The van der Waals surface area contributed by atoms with E-state index in [2.05, 4.69) is 4.98 Å². The van der Waals surface area contributed by atoms with Crippen molar-refractivity contribution in [3.8, 4) is 11.1 Å². The van der Waals surface area contributed by atoms with Gasteiger partial charge in [-0.3, -0.25) is 0 Å². The average molecular weight is 269 g/mol. The molecule has 1 aromatic heterocycles. The molecule has 0 amide bonds. The molecule has 0 fully saturated rings. The first-order valence-electron chi connectivity index (χ1n) is 4.93. The molecule has 17 heavy (non-hydrogen) atoms. The van der Waals surface area contributed by atoms with Gasteiger partial charge in [0.1, 0.15) is 5.82 Å². The molecule has 0 aliphatic rings. The first kappa shape index (κ1) is 12.2. The van der Waals surface area contributed by atoms with Crippen LogP contribution < -0.4 is 5.73 Å². The van der Waals surface area contributed by atoms with Crippen LogP contribution in [0.5, 0.6) is 0 Å². The zero-order valence-electron chi connectivity index (χ0n) is 8.82. The zero-order chi connectivity index (χ0) is 12.4. The molecular weight excluding hydrogens is 259 g/mol. The van der Waals surface area contributed by atoms with Gasteiger partial charge < -0.3 is 10.8 Å². The maximum atomic E-state index is 9.14. The minimum Gasteiger partial charge on any atom is -0.392 e. The number of rotatable bonds is 2. The van der Waals surface area contributed by atoms with E-state index in [-0.39, 0.29) is 6.61 Å². The first-order chi connectivity index (χ1) is 8.13. The highest BCUT2D eigenvalue weighted by atomic mass is 35.5. The number of nitrogens with zero attached hydrogens (tertiary/aromatic N) is 1. The third-order valence-corrected chi connectivity index (χ3v) is 3.05. The minimum atomic E-state index is -0.172. The van der Waals surface area contributed by atoms with Gasteiger partial charge in [0.25, 0.3) is 0 Å². The molecule has 0 aliphatic carbocycles. The van der Waals surface area contributed by atoms with Crippen molar-refractivity contribution in [3.63, 3.8) is 0 Å². The largest absolute Gasteiger partial charge is 0.392 e. The maximum Gasteiger partial charge on any atom is 0.128 e. The Morgan fingerprint density at radius 2 is 1.88 bits per heavy atom.